The molecule has 0 radical (unpaired) electrons. The van der Waals surface area contributed by atoms with Crippen LogP contribution in [0.25, 0.3) is 0 Å². The molecule has 2 atom stereocenters. The Morgan fingerprint density at radius 2 is 2.18 bits per heavy atom. The van der Waals surface area contributed by atoms with E-state index < -0.39 is 0 Å². The van der Waals surface area contributed by atoms with Gasteiger partial charge in [-0.15, -0.1) is 0 Å². The van der Waals surface area contributed by atoms with Gasteiger partial charge >= 0.3 is 0 Å². The van der Waals surface area contributed by atoms with E-state index in [1.807, 2.05) is 0 Å². The van der Waals surface area contributed by atoms with Crippen LogP contribution in [0.4, 0.5) is 0 Å². The first-order valence-electron chi connectivity index (χ1n) is 4.72. The van der Waals surface area contributed by atoms with Crippen LogP contribution < -0.4 is 5.32 Å². The van der Waals surface area contributed by atoms with Crippen LogP contribution in [-0.4, -0.2) is 25.8 Å². The highest BCUT2D eigenvalue weighted by Gasteiger charge is 2.53. The van der Waals surface area contributed by atoms with Crippen LogP contribution in [0.15, 0.2) is 0 Å². The molecule has 3 rings (SSSR count). The second-order valence-electron chi connectivity index (χ2n) is 4.35. The summed E-state index contributed by atoms with van der Waals surface area (Å²) in [7, 11) is 0. The number of fused-ring (bicyclic) bond motifs is 2. The molecular formula is C9H15NO. The fourth-order valence-electron chi connectivity index (χ4n) is 3.00. The summed E-state index contributed by atoms with van der Waals surface area (Å²) in [4.78, 5) is 0. The summed E-state index contributed by atoms with van der Waals surface area (Å²) in [5.74, 6) is 0.858. The van der Waals surface area contributed by atoms with E-state index in [1.165, 1.54) is 25.8 Å². The molecule has 0 unspecified atom stereocenters. The Hall–Kier alpha value is -0.0800. The molecule has 0 bridgehead atoms. The number of ether oxygens (including phenoxy) is 1. The van der Waals surface area contributed by atoms with Crippen LogP contribution in [0.3, 0.4) is 0 Å². The Balaban J connectivity index is 1.86. The van der Waals surface area contributed by atoms with Crippen molar-refractivity contribution in [1.29, 1.82) is 0 Å². The largest absolute Gasteiger partial charge is 0.379 e. The van der Waals surface area contributed by atoms with Gasteiger partial charge in [-0.2, -0.15) is 0 Å². The Morgan fingerprint density at radius 1 is 1.27 bits per heavy atom. The van der Waals surface area contributed by atoms with E-state index in [-0.39, 0.29) is 0 Å². The molecule has 11 heavy (non-hydrogen) atoms. The molecule has 0 aromatic heterocycles. The average molecular weight is 153 g/mol. The van der Waals surface area contributed by atoms with Crippen LogP contribution in [0, 0.1) is 11.3 Å². The van der Waals surface area contributed by atoms with Gasteiger partial charge in [0.05, 0.1) is 13.2 Å². The molecule has 0 aromatic rings. The summed E-state index contributed by atoms with van der Waals surface area (Å²) in [6.45, 7) is 3.26. The van der Waals surface area contributed by atoms with Gasteiger partial charge in [0.15, 0.2) is 0 Å². The molecule has 2 aliphatic heterocycles. The third-order valence-corrected chi connectivity index (χ3v) is 3.93. The molecule has 1 N–H and O–H groups in total. The topological polar surface area (TPSA) is 21.3 Å². The Bertz CT molecular complexity index is 176. The van der Waals surface area contributed by atoms with Crippen LogP contribution in [0.1, 0.15) is 19.3 Å². The first-order chi connectivity index (χ1) is 5.41. The van der Waals surface area contributed by atoms with Crippen LogP contribution >= 0.6 is 0 Å². The summed E-state index contributed by atoms with van der Waals surface area (Å²) in [6, 6.07) is 0.704. The minimum atomic E-state index is 0.682. The molecule has 2 saturated heterocycles. The predicted molar refractivity (Wildman–Crippen MR) is 42.4 cm³/mol. The highest BCUT2D eigenvalue weighted by molar-refractivity contribution is 5.06. The zero-order chi connectivity index (χ0) is 7.31. The highest BCUT2D eigenvalue weighted by Crippen LogP contribution is 2.52. The summed E-state index contributed by atoms with van der Waals surface area (Å²) >= 11 is 0. The van der Waals surface area contributed by atoms with E-state index in [2.05, 4.69) is 5.32 Å². The van der Waals surface area contributed by atoms with Gasteiger partial charge in [-0.1, -0.05) is 6.42 Å². The monoisotopic (exact) mass is 153 g/mol. The number of nitrogens with one attached hydrogen (secondary N) is 1. The van der Waals surface area contributed by atoms with E-state index in [0.717, 1.165) is 19.1 Å². The first kappa shape index (κ1) is 6.44. The lowest BCUT2D eigenvalue weighted by Crippen LogP contribution is -2.38. The van der Waals surface area contributed by atoms with Crippen molar-refractivity contribution in [2.24, 2.45) is 11.3 Å². The van der Waals surface area contributed by atoms with E-state index in [4.69, 9.17) is 4.74 Å². The Morgan fingerprint density at radius 3 is 2.91 bits per heavy atom. The SMILES string of the molecule is C1CC2(C1)CN[C@@H]1COC[C@H]12. The normalized spacial score (nSPS) is 45.8. The van der Waals surface area contributed by atoms with Gasteiger partial charge in [0.1, 0.15) is 0 Å². The fraction of sp³-hybridized carbons (Fsp3) is 1.00. The molecule has 1 saturated carbocycles. The summed E-state index contributed by atoms with van der Waals surface area (Å²) in [5.41, 5.74) is 0.682. The fourth-order valence-corrected chi connectivity index (χ4v) is 3.00. The molecule has 0 aromatic carbocycles. The lowest BCUT2D eigenvalue weighted by atomic mass is 9.62. The maximum atomic E-state index is 5.48. The molecule has 2 heterocycles. The van der Waals surface area contributed by atoms with Gasteiger partial charge in [0, 0.05) is 18.5 Å². The number of hydrogen-bond acceptors (Lipinski definition) is 2. The minimum Gasteiger partial charge on any atom is -0.379 e. The van der Waals surface area contributed by atoms with Crippen LogP contribution in [-0.2, 0) is 4.74 Å². The molecular weight excluding hydrogens is 138 g/mol. The third kappa shape index (κ3) is 0.695. The molecule has 3 fully saturated rings. The van der Waals surface area contributed by atoms with E-state index in [9.17, 15) is 0 Å². The number of hydrogen-bond donors (Lipinski definition) is 1. The average Bonchev–Trinajstić information content (AvgIpc) is 2.38. The van der Waals surface area contributed by atoms with Crippen molar-refractivity contribution in [3.8, 4) is 0 Å². The van der Waals surface area contributed by atoms with Crippen molar-refractivity contribution in [3.05, 3.63) is 0 Å². The molecule has 3 aliphatic rings. The Labute approximate surface area is 67.3 Å². The highest BCUT2D eigenvalue weighted by atomic mass is 16.5. The molecule has 62 valence electrons. The van der Waals surface area contributed by atoms with Gasteiger partial charge in [-0.3, -0.25) is 0 Å². The van der Waals surface area contributed by atoms with Crippen molar-refractivity contribution < 1.29 is 4.74 Å². The molecule has 0 amide bonds. The Kier molecular flexibility index (Phi) is 1.16. The molecule has 2 heteroatoms. The second-order valence-corrected chi connectivity index (χ2v) is 4.35. The minimum absolute atomic E-state index is 0.682. The summed E-state index contributed by atoms with van der Waals surface area (Å²) in [5, 5.41) is 3.59. The molecule has 2 nitrogen and oxygen atoms in total. The summed E-state index contributed by atoms with van der Waals surface area (Å²) in [6.07, 6.45) is 4.35. The van der Waals surface area contributed by atoms with Crippen molar-refractivity contribution in [1.82, 2.24) is 5.32 Å². The second kappa shape index (κ2) is 1.99. The maximum Gasteiger partial charge on any atom is 0.0623 e. The van der Waals surface area contributed by atoms with Gasteiger partial charge in [0.25, 0.3) is 0 Å². The number of rotatable bonds is 0. The van der Waals surface area contributed by atoms with Crippen LogP contribution in [0.2, 0.25) is 0 Å². The zero-order valence-corrected chi connectivity index (χ0v) is 6.81. The first-order valence-corrected chi connectivity index (χ1v) is 4.72. The van der Waals surface area contributed by atoms with Gasteiger partial charge < -0.3 is 10.1 Å². The van der Waals surface area contributed by atoms with Gasteiger partial charge in [-0.05, 0) is 18.3 Å². The van der Waals surface area contributed by atoms with Crippen molar-refractivity contribution >= 4 is 0 Å². The molecule has 1 aliphatic carbocycles. The standard InChI is InChI=1S/C9H15NO/c1-2-9(3-1)6-10-8-5-11-4-7(8)9/h7-8,10H,1-6H2/t7-,8-/m1/s1. The molecule has 1 spiro atoms. The smallest absolute Gasteiger partial charge is 0.0623 e. The quantitative estimate of drug-likeness (QED) is 0.555. The lowest BCUT2D eigenvalue weighted by molar-refractivity contribution is 0.0656. The van der Waals surface area contributed by atoms with Crippen molar-refractivity contribution in [2.75, 3.05) is 19.8 Å². The lowest BCUT2D eigenvalue weighted by Gasteiger charge is -2.42. The summed E-state index contributed by atoms with van der Waals surface area (Å²) < 4.78 is 5.48. The van der Waals surface area contributed by atoms with E-state index in [0.29, 0.717) is 11.5 Å². The maximum absolute atomic E-state index is 5.48. The van der Waals surface area contributed by atoms with Crippen LogP contribution in [0.5, 0.6) is 0 Å². The van der Waals surface area contributed by atoms with E-state index >= 15 is 0 Å². The van der Waals surface area contributed by atoms with Gasteiger partial charge in [0.2, 0.25) is 0 Å². The zero-order valence-electron chi connectivity index (χ0n) is 6.81. The predicted octanol–water partition coefficient (Wildman–Crippen LogP) is 0.775. The van der Waals surface area contributed by atoms with Crippen molar-refractivity contribution in [3.63, 3.8) is 0 Å². The van der Waals surface area contributed by atoms with E-state index in [1.54, 1.807) is 0 Å². The van der Waals surface area contributed by atoms with Crippen molar-refractivity contribution in [2.45, 2.75) is 25.3 Å². The third-order valence-electron chi connectivity index (χ3n) is 3.93. The van der Waals surface area contributed by atoms with Gasteiger partial charge in [-0.25, -0.2) is 0 Å².